The molecule has 0 bridgehead atoms. The fourth-order valence-electron chi connectivity index (χ4n) is 1.89. The smallest absolute Gasteiger partial charge is 0.0837 e. The molecule has 1 aromatic rings. The van der Waals surface area contributed by atoms with Crippen molar-refractivity contribution >= 4 is 0 Å². The van der Waals surface area contributed by atoms with Crippen molar-refractivity contribution in [2.75, 3.05) is 13.2 Å². The van der Waals surface area contributed by atoms with Gasteiger partial charge in [0.1, 0.15) is 0 Å². The second kappa shape index (κ2) is 3.37. The van der Waals surface area contributed by atoms with E-state index in [4.69, 9.17) is 4.74 Å². The van der Waals surface area contributed by atoms with Crippen LogP contribution in [-0.4, -0.2) is 28.5 Å². The van der Waals surface area contributed by atoms with Crippen LogP contribution in [0.2, 0.25) is 0 Å². The number of nitrogens with zero attached hydrogens (tertiary/aromatic N) is 2. The second-order valence-corrected chi connectivity index (χ2v) is 4.25. The van der Waals surface area contributed by atoms with Crippen LogP contribution in [0.25, 0.3) is 0 Å². The van der Waals surface area contributed by atoms with Gasteiger partial charge in [-0.25, -0.2) is 0 Å². The van der Waals surface area contributed by atoms with Crippen LogP contribution in [-0.2, 0) is 11.8 Å². The third-order valence-electron chi connectivity index (χ3n) is 2.65. The number of morpholine rings is 1. The van der Waals surface area contributed by atoms with Crippen molar-refractivity contribution in [3.05, 3.63) is 18.0 Å². The Morgan fingerprint density at radius 3 is 3.00 bits per heavy atom. The van der Waals surface area contributed by atoms with Gasteiger partial charge in [-0.3, -0.25) is 4.68 Å². The highest BCUT2D eigenvalue weighted by molar-refractivity contribution is 5.11. The molecule has 4 heteroatoms. The Labute approximate surface area is 84.3 Å². The van der Waals surface area contributed by atoms with Gasteiger partial charge in [0.2, 0.25) is 0 Å². The lowest BCUT2D eigenvalue weighted by Crippen LogP contribution is -2.48. The van der Waals surface area contributed by atoms with Crippen molar-refractivity contribution in [2.24, 2.45) is 7.05 Å². The van der Waals surface area contributed by atoms with Gasteiger partial charge in [0.15, 0.2) is 0 Å². The van der Waals surface area contributed by atoms with E-state index in [-0.39, 0.29) is 11.6 Å². The molecule has 1 unspecified atom stereocenters. The van der Waals surface area contributed by atoms with Crippen LogP contribution in [0.1, 0.15) is 25.6 Å². The van der Waals surface area contributed by atoms with E-state index in [1.54, 1.807) is 0 Å². The van der Waals surface area contributed by atoms with E-state index in [0.717, 1.165) is 18.8 Å². The molecule has 0 spiro atoms. The summed E-state index contributed by atoms with van der Waals surface area (Å²) in [6.45, 7) is 5.86. The number of nitrogens with one attached hydrogen (secondary N) is 1. The van der Waals surface area contributed by atoms with Crippen LogP contribution in [0, 0.1) is 0 Å². The van der Waals surface area contributed by atoms with Crippen LogP contribution < -0.4 is 5.32 Å². The summed E-state index contributed by atoms with van der Waals surface area (Å²) in [7, 11) is 1.93. The first-order valence-corrected chi connectivity index (χ1v) is 4.96. The zero-order valence-corrected chi connectivity index (χ0v) is 8.95. The molecular weight excluding hydrogens is 178 g/mol. The van der Waals surface area contributed by atoms with Gasteiger partial charge in [-0.15, -0.1) is 0 Å². The van der Waals surface area contributed by atoms with Gasteiger partial charge < -0.3 is 10.1 Å². The SMILES string of the molecule is Cn1ccc(C2NCCOC2(C)C)n1. The Morgan fingerprint density at radius 2 is 2.43 bits per heavy atom. The molecule has 0 aromatic carbocycles. The largest absolute Gasteiger partial charge is 0.372 e. The number of aromatic nitrogens is 2. The first-order chi connectivity index (χ1) is 6.59. The third kappa shape index (κ3) is 1.67. The quantitative estimate of drug-likeness (QED) is 0.722. The summed E-state index contributed by atoms with van der Waals surface area (Å²) in [5.41, 5.74) is 0.879. The maximum atomic E-state index is 5.73. The number of aryl methyl sites for hydroxylation is 1. The highest BCUT2D eigenvalue weighted by Gasteiger charge is 2.35. The van der Waals surface area contributed by atoms with Gasteiger partial charge in [0.05, 0.1) is 23.9 Å². The predicted molar refractivity (Wildman–Crippen MR) is 54.0 cm³/mol. The Balaban J connectivity index is 2.23. The standard InChI is InChI=1S/C10H17N3O/c1-10(2)9(11-5-7-14-10)8-4-6-13(3)12-8/h4,6,9,11H,5,7H2,1-3H3. The maximum Gasteiger partial charge on any atom is 0.0837 e. The van der Waals surface area contributed by atoms with Gasteiger partial charge >= 0.3 is 0 Å². The van der Waals surface area contributed by atoms with Crippen LogP contribution in [0.3, 0.4) is 0 Å². The van der Waals surface area contributed by atoms with Crippen molar-refractivity contribution < 1.29 is 4.74 Å². The van der Waals surface area contributed by atoms with Crippen molar-refractivity contribution in [3.8, 4) is 0 Å². The number of rotatable bonds is 1. The summed E-state index contributed by atoms with van der Waals surface area (Å²) in [6, 6.07) is 2.23. The molecule has 78 valence electrons. The van der Waals surface area contributed by atoms with Crippen LogP contribution in [0.15, 0.2) is 12.3 Å². The van der Waals surface area contributed by atoms with Gasteiger partial charge in [0.25, 0.3) is 0 Å². The van der Waals surface area contributed by atoms with Crippen molar-refractivity contribution in [2.45, 2.75) is 25.5 Å². The monoisotopic (exact) mass is 195 g/mol. The molecule has 0 amide bonds. The van der Waals surface area contributed by atoms with Gasteiger partial charge in [-0.05, 0) is 19.9 Å². The minimum Gasteiger partial charge on any atom is -0.372 e. The summed E-state index contributed by atoms with van der Waals surface area (Å²) in [5.74, 6) is 0. The van der Waals surface area contributed by atoms with Crippen molar-refractivity contribution in [1.29, 1.82) is 0 Å². The molecule has 0 aliphatic carbocycles. The molecule has 1 fully saturated rings. The fourth-order valence-corrected chi connectivity index (χ4v) is 1.89. The lowest BCUT2D eigenvalue weighted by Gasteiger charge is -2.38. The van der Waals surface area contributed by atoms with E-state index in [9.17, 15) is 0 Å². The van der Waals surface area contributed by atoms with Crippen LogP contribution in [0.4, 0.5) is 0 Å². The summed E-state index contributed by atoms with van der Waals surface area (Å²) in [6.07, 6.45) is 1.96. The Kier molecular flexibility index (Phi) is 2.33. The molecule has 14 heavy (non-hydrogen) atoms. The minimum atomic E-state index is -0.174. The van der Waals surface area contributed by atoms with Crippen molar-refractivity contribution in [1.82, 2.24) is 15.1 Å². The highest BCUT2D eigenvalue weighted by Crippen LogP contribution is 2.29. The topological polar surface area (TPSA) is 39.1 Å². The molecule has 2 heterocycles. The highest BCUT2D eigenvalue weighted by atomic mass is 16.5. The number of hydrogen-bond donors (Lipinski definition) is 1. The first kappa shape index (κ1) is 9.68. The number of ether oxygens (including phenoxy) is 1. The zero-order chi connectivity index (χ0) is 10.2. The summed E-state index contributed by atoms with van der Waals surface area (Å²) in [4.78, 5) is 0. The van der Waals surface area contributed by atoms with Crippen LogP contribution in [0.5, 0.6) is 0 Å². The zero-order valence-electron chi connectivity index (χ0n) is 8.95. The fraction of sp³-hybridized carbons (Fsp3) is 0.700. The second-order valence-electron chi connectivity index (χ2n) is 4.25. The molecule has 0 radical (unpaired) electrons. The van der Waals surface area contributed by atoms with E-state index in [1.165, 1.54) is 0 Å². The van der Waals surface area contributed by atoms with E-state index in [1.807, 2.05) is 24.0 Å². The van der Waals surface area contributed by atoms with E-state index in [0.29, 0.717) is 0 Å². The summed E-state index contributed by atoms with van der Waals surface area (Å²) >= 11 is 0. The van der Waals surface area contributed by atoms with Crippen LogP contribution >= 0.6 is 0 Å². The third-order valence-corrected chi connectivity index (χ3v) is 2.65. The molecule has 1 aromatic heterocycles. The molecule has 1 atom stereocenters. The summed E-state index contributed by atoms with van der Waals surface area (Å²) < 4.78 is 7.55. The minimum absolute atomic E-state index is 0.174. The summed E-state index contributed by atoms with van der Waals surface area (Å²) in [5, 5.41) is 7.84. The molecular formula is C10H17N3O. The lowest BCUT2D eigenvalue weighted by atomic mass is 9.94. The first-order valence-electron chi connectivity index (χ1n) is 4.96. The average molecular weight is 195 g/mol. The molecule has 1 saturated heterocycles. The average Bonchev–Trinajstić information content (AvgIpc) is 2.51. The molecule has 4 nitrogen and oxygen atoms in total. The molecule has 1 aliphatic heterocycles. The van der Waals surface area contributed by atoms with E-state index in [2.05, 4.69) is 24.3 Å². The lowest BCUT2D eigenvalue weighted by molar-refractivity contribution is -0.0733. The number of hydrogen-bond acceptors (Lipinski definition) is 3. The normalized spacial score (nSPS) is 26.4. The Morgan fingerprint density at radius 1 is 1.64 bits per heavy atom. The van der Waals surface area contributed by atoms with E-state index < -0.39 is 0 Å². The molecule has 0 saturated carbocycles. The van der Waals surface area contributed by atoms with Gasteiger partial charge in [-0.2, -0.15) is 5.10 Å². The molecule has 1 aliphatic rings. The van der Waals surface area contributed by atoms with Gasteiger partial charge in [-0.1, -0.05) is 0 Å². The Hall–Kier alpha value is -0.870. The predicted octanol–water partition coefficient (Wildman–Crippen LogP) is 0.860. The van der Waals surface area contributed by atoms with E-state index >= 15 is 0 Å². The van der Waals surface area contributed by atoms with Crippen molar-refractivity contribution in [3.63, 3.8) is 0 Å². The van der Waals surface area contributed by atoms with Gasteiger partial charge in [0, 0.05) is 19.8 Å². The molecule has 1 N–H and O–H groups in total. The maximum absolute atomic E-state index is 5.73. The molecule has 2 rings (SSSR count). The Bertz CT molecular complexity index is 319.